The van der Waals surface area contributed by atoms with E-state index in [0.29, 0.717) is 30.5 Å². The van der Waals surface area contributed by atoms with Crippen molar-refractivity contribution in [3.8, 4) is 5.75 Å². The molecule has 1 rings (SSSR count). The summed E-state index contributed by atoms with van der Waals surface area (Å²) in [5, 5.41) is 6.87. The first-order chi connectivity index (χ1) is 9.27. The molecule has 1 aromatic carbocycles. The molecule has 0 amide bonds. The average Bonchev–Trinajstić information content (AvgIpc) is 2.42. The van der Waals surface area contributed by atoms with Crippen molar-refractivity contribution in [1.82, 2.24) is 10.6 Å². The molecule has 4 nitrogen and oxygen atoms in total. The molecule has 2 N–H and O–H groups in total. The maximum atomic E-state index is 5.99. The van der Waals surface area contributed by atoms with Gasteiger partial charge in [0, 0.05) is 13.1 Å². The lowest BCUT2D eigenvalue weighted by Crippen LogP contribution is -2.37. The molecule has 0 saturated heterocycles. The Morgan fingerprint density at radius 1 is 1.42 bits per heavy atom. The maximum Gasteiger partial charge on any atom is 0.191 e. The Balaban J connectivity index is 2.38. The summed E-state index contributed by atoms with van der Waals surface area (Å²) in [6.07, 6.45) is 1.78. The minimum absolute atomic E-state index is 0.481. The van der Waals surface area contributed by atoms with Gasteiger partial charge in [-0.15, -0.1) is 6.58 Å². The van der Waals surface area contributed by atoms with Gasteiger partial charge in [0.25, 0.3) is 0 Å². The maximum absolute atomic E-state index is 5.99. The molecule has 19 heavy (non-hydrogen) atoms. The van der Waals surface area contributed by atoms with E-state index >= 15 is 0 Å². The van der Waals surface area contributed by atoms with Gasteiger partial charge >= 0.3 is 0 Å². The Morgan fingerprint density at radius 3 is 2.89 bits per heavy atom. The van der Waals surface area contributed by atoms with E-state index in [-0.39, 0.29) is 0 Å². The summed E-state index contributed by atoms with van der Waals surface area (Å²) >= 11 is 5.99. The Morgan fingerprint density at radius 2 is 2.21 bits per heavy atom. The van der Waals surface area contributed by atoms with Gasteiger partial charge in [-0.3, -0.25) is 0 Å². The SMILES string of the molecule is C=CCNC(=NCCOc1ccccc1Cl)NCC. The zero-order valence-corrected chi connectivity index (χ0v) is 11.9. The quantitative estimate of drug-likeness (QED) is 0.349. The fourth-order valence-electron chi connectivity index (χ4n) is 1.39. The number of para-hydroxylation sites is 1. The van der Waals surface area contributed by atoms with Crippen LogP contribution in [0.4, 0.5) is 0 Å². The number of hydrogen-bond donors (Lipinski definition) is 2. The van der Waals surface area contributed by atoms with Gasteiger partial charge in [0.15, 0.2) is 5.96 Å². The highest BCUT2D eigenvalue weighted by atomic mass is 35.5. The topological polar surface area (TPSA) is 45.7 Å². The van der Waals surface area contributed by atoms with Crippen LogP contribution in [0.15, 0.2) is 41.9 Å². The van der Waals surface area contributed by atoms with Crippen molar-refractivity contribution in [3.63, 3.8) is 0 Å². The Bertz CT molecular complexity index is 421. The highest BCUT2D eigenvalue weighted by Crippen LogP contribution is 2.22. The van der Waals surface area contributed by atoms with Gasteiger partial charge in [0.2, 0.25) is 0 Å². The summed E-state index contributed by atoms with van der Waals surface area (Å²) in [4.78, 5) is 4.37. The van der Waals surface area contributed by atoms with E-state index in [4.69, 9.17) is 16.3 Å². The molecular formula is C14H20ClN3O. The number of rotatable bonds is 7. The molecule has 0 aliphatic heterocycles. The van der Waals surface area contributed by atoms with Crippen molar-refractivity contribution in [3.05, 3.63) is 41.9 Å². The van der Waals surface area contributed by atoms with E-state index in [1.165, 1.54) is 0 Å². The molecule has 104 valence electrons. The van der Waals surface area contributed by atoms with Crippen LogP contribution >= 0.6 is 11.6 Å². The highest BCUT2D eigenvalue weighted by Gasteiger charge is 1.99. The van der Waals surface area contributed by atoms with E-state index in [0.717, 1.165) is 12.5 Å². The number of nitrogens with zero attached hydrogens (tertiary/aromatic N) is 1. The van der Waals surface area contributed by atoms with Crippen molar-refractivity contribution in [2.24, 2.45) is 4.99 Å². The van der Waals surface area contributed by atoms with Crippen molar-refractivity contribution in [2.75, 3.05) is 26.2 Å². The first kappa shape index (κ1) is 15.4. The first-order valence-electron chi connectivity index (χ1n) is 6.28. The summed E-state index contributed by atoms with van der Waals surface area (Å²) in [6, 6.07) is 7.40. The fourth-order valence-corrected chi connectivity index (χ4v) is 1.58. The van der Waals surface area contributed by atoms with Gasteiger partial charge in [-0.2, -0.15) is 0 Å². The van der Waals surface area contributed by atoms with Gasteiger partial charge in [-0.1, -0.05) is 29.8 Å². The van der Waals surface area contributed by atoms with Crippen molar-refractivity contribution < 1.29 is 4.74 Å². The first-order valence-corrected chi connectivity index (χ1v) is 6.66. The number of guanidine groups is 1. The molecule has 0 bridgehead atoms. The number of halogens is 1. The van der Waals surface area contributed by atoms with Crippen molar-refractivity contribution in [1.29, 1.82) is 0 Å². The lowest BCUT2D eigenvalue weighted by atomic mass is 10.3. The molecule has 0 aromatic heterocycles. The van der Waals surface area contributed by atoms with Crippen LogP contribution < -0.4 is 15.4 Å². The average molecular weight is 282 g/mol. The monoisotopic (exact) mass is 281 g/mol. The van der Waals surface area contributed by atoms with Crippen LogP contribution in [0.2, 0.25) is 5.02 Å². The molecule has 0 atom stereocenters. The summed E-state index contributed by atoms with van der Waals surface area (Å²) in [5.41, 5.74) is 0. The van der Waals surface area contributed by atoms with Crippen LogP contribution in [0, 0.1) is 0 Å². The fraction of sp³-hybridized carbons (Fsp3) is 0.357. The summed E-state index contributed by atoms with van der Waals surface area (Å²) in [5.74, 6) is 1.44. The smallest absolute Gasteiger partial charge is 0.191 e. The Kier molecular flexibility index (Phi) is 7.51. The van der Waals surface area contributed by atoms with Gasteiger partial charge in [-0.05, 0) is 19.1 Å². The predicted octanol–water partition coefficient (Wildman–Crippen LogP) is 2.46. The van der Waals surface area contributed by atoms with Crippen LogP contribution in [-0.2, 0) is 0 Å². The molecule has 0 saturated carbocycles. The number of benzene rings is 1. The van der Waals surface area contributed by atoms with E-state index < -0.39 is 0 Å². The van der Waals surface area contributed by atoms with E-state index in [1.807, 2.05) is 25.1 Å². The lowest BCUT2D eigenvalue weighted by Gasteiger charge is -2.10. The Hall–Kier alpha value is -1.68. The number of hydrogen-bond acceptors (Lipinski definition) is 2. The molecule has 0 radical (unpaired) electrons. The summed E-state index contributed by atoms with van der Waals surface area (Å²) in [7, 11) is 0. The van der Waals surface area contributed by atoms with Gasteiger partial charge < -0.3 is 15.4 Å². The standard InChI is InChI=1S/C14H20ClN3O/c1-3-9-17-14(16-4-2)18-10-11-19-13-8-6-5-7-12(13)15/h3,5-8H,1,4,9-11H2,2H3,(H2,16,17,18). The van der Waals surface area contributed by atoms with E-state index in [9.17, 15) is 0 Å². The van der Waals surface area contributed by atoms with Crippen LogP contribution in [0.5, 0.6) is 5.75 Å². The molecule has 0 spiro atoms. The van der Waals surface area contributed by atoms with Crippen LogP contribution in [0.25, 0.3) is 0 Å². The van der Waals surface area contributed by atoms with Crippen LogP contribution in [0.3, 0.4) is 0 Å². The molecule has 1 aromatic rings. The molecule has 0 heterocycles. The zero-order valence-electron chi connectivity index (χ0n) is 11.2. The second kappa shape index (κ2) is 9.28. The number of ether oxygens (including phenoxy) is 1. The molecule has 0 fully saturated rings. The summed E-state index contributed by atoms with van der Waals surface area (Å²) < 4.78 is 5.56. The van der Waals surface area contributed by atoms with Crippen molar-refractivity contribution >= 4 is 17.6 Å². The lowest BCUT2D eigenvalue weighted by molar-refractivity contribution is 0.328. The third-order valence-corrected chi connectivity index (χ3v) is 2.53. The minimum Gasteiger partial charge on any atom is -0.490 e. The van der Waals surface area contributed by atoms with Gasteiger partial charge in [-0.25, -0.2) is 4.99 Å². The zero-order chi connectivity index (χ0) is 13.9. The third kappa shape index (κ3) is 6.15. The van der Waals surface area contributed by atoms with Gasteiger partial charge in [0.1, 0.15) is 12.4 Å². The molecule has 0 aliphatic rings. The molecular weight excluding hydrogens is 262 g/mol. The van der Waals surface area contributed by atoms with Gasteiger partial charge in [0.05, 0.1) is 11.6 Å². The minimum atomic E-state index is 0.481. The van der Waals surface area contributed by atoms with E-state index in [1.54, 1.807) is 12.1 Å². The largest absolute Gasteiger partial charge is 0.490 e. The molecule has 0 unspecified atom stereocenters. The second-order valence-corrected chi connectivity index (χ2v) is 4.12. The predicted molar refractivity (Wildman–Crippen MR) is 81.1 cm³/mol. The highest BCUT2D eigenvalue weighted by molar-refractivity contribution is 6.32. The normalized spacial score (nSPS) is 10.9. The number of aliphatic imine (C=N–C) groups is 1. The number of nitrogens with one attached hydrogen (secondary N) is 2. The van der Waals surface area contributed by atoms with Crippen molar-refractivity contribution in [2.45, 2.75) is 6.92 Å². The van der Waals surface area contributed by atoms with E-state index in [2.05, 4.69) is 22.2 Å². The second-order valence-electron chi connectivity index (χ2n) is 3.71. The summed E-state index contributed by atoms with van der Waals surface area (Å²) in [6.45, 7) is 8.20. The van der Waals surface area contributed by atoms with Crippen LogP contribution in [0.1, 0.15) is 6.92 Å². The van der Waals surface area contributed by atoms with Crippen LogP contribution in [-0.4, -0.2) is 32.2 Å². The Labute approximate surface area is 119 Å². The molecule has 0 aliphatic carbocycles. The molecule has 5 heteroatoms. The third-order valence-electron chi connectivity index (χ3n) is 2.21.